The SMILES string of the molecule is CC12CC3CC(C)(C1)CC(C(O)c1ccc(Cl)cc1)(C3)C2. The Hall–Kier alpha value is -0.530. The van der Waals surface area contributed by atoms with E-state index in [0.29, 0.717) is 10.8 Å². The fourth-order valence-electron chi connectivity index (χ4n) is 6.84. The molecule has 1 aromatic carbocycles. The van der Waals surface area contributed by atoms with E-state index < -0.39 is 0 Å². The molecule has 0 aliphatic heterocycles. The van der Waals surface area contributed by atoms with Crippen molar-refractivity contribution in [3.05, 3.63) is 34.9 Å². The summed E-state index contributed by atoms with van der Waals surface area (Å²) in [6.07, 6.45) is 7.35. The summed E-state index contributed by atoms with van der Waals surface area (Å²) in [7, 11) is 0. The molecule has 0 spiro atoms. The zero-order valence-electron chi connectivity index (χ0n) is 13.0. The quantitative estimate of drug-likeness (QED) is 0.778. The first-order valence-electron chi connectivity index (χ1n) is 8.25. The summed E-state index contributed by atoms with van der Waals surface area (Å²) in [6.45, 7) is 4.91. The molecule has 4 bridgehead atoms. The fourth-order valence-corrected chi connectivity index (χ4v) is 6.97. The standard InChI is InChI=1S/C19H25ClO/c1-17-7-13-8-18(2,10-17)12-19(9-13,11-17)16(21)14-3-5-15(20)6-4-14/h3-6,13,16,21H,7-12H2,1-2H3. The van der Waals surface area contributed by atoms with Gasteiger partial charge in [0.25, 0.3) is 0 Å². The Morgan fingerprint density at radius 1 is 1.00 bits per heavy atom. The molecule has 4 fully saturated rings. The van der Waals surface area contributed by atoms with Crippen LogP contribution in [0.15, 0.2) is 24.3 Å². The summed E-state index contributed by atoms with van der Waals surface area (Å²) < 4.78 is 0. The van der Waals surface area contributed by atoms with Crippen LogP contribution in [0.3, 0.4) is 0 Å². The van der Waals surface area contributed by atoms with E-state index >= 15 is 0 Å². The van der Waals surface area contributed by atoms with E-state index in [-0.39, 0.29) is 11.5 Å². The first kappa shape index (κ1) is 14.1. The van der Waals surface area contributed by atoms with Crippen molar-refractivity contribution in [1.29, 1.82) is 0 Å². The molecule has 5 rings (SSSR count). The maximum Gasteiger partial charge on any atom is 0.0846 e. The Balaban J connectivity index is 1.72. The van der Waals surface area contributed by atoms with E-state index in [1.165, 1.54) is 38.5 Å². The van der Waals surface area contributed by atoms with Crippen LogP contribution in [0.4, 0.5) is 0 Å². The molecule has 0 heterocycles. The number of rotatable bonds is 2. The van der Waals surface area contributed by atoms with Gasteiger partial charge in [-0.1, -0.05) is 37.6 Å². The Morgan fingerprint density at radius 3 is 2.10 bits per heavy atom. The average Bonchev–Trinajstić information content (AvgIpc) is 2.34. The van der Waals surface area contributed by atoms with Crippen molar-refractivity contribution < 1.29 is 5.11 Å². The number of aliphatic hydroxyl groups is 1. The molecule has 0 amide bonds. The van der Waals surface area contributed by atoms with E-state index in [2.05, 4.69) is 13.8 Å². The Morgan fingerprint density at radius 2 is 1.57 bits per heavy atom. The van der Waals surface area contributed by atoms with Crippen LogP contribution in [0.25, 0.3) is 0 Å². The largest absolute Gasteiger partial charge is 0.388 e. The first-order valence-corrected chi connectivity index (χ1v) is 8.63. The van der Waals surface area contributed by atoms with Gasteiger partial charge in [0.2, 0.25) is 0 Å². The molecule has 0 aromatic heterocycles. The zero-order chi connectivity index (χ0) is 14.9. The molecule has 1 aromatic rings. The molecule has 1 nitrogen and oxygen atoms in total. The van der Waals surface area contributed by atoms with Crippen molar-refractivity contribution in [2.45, 2.75) is 58.5 Å². The van der Waals surface area contributed by atoms with Crippen LogP contribution >= 0.6 is 11.6 Å². The molecule has 3 unspecified atom stereocenters. The number of benzene rings is 1. The summed E-state index contributed by atoms with van der Waals surface area (Å²) in [5, 5.41) is 11.9. The Kier molecular flexibility index (Phi) is 2.86. The molecule has 1 N–H and O–H groups in total. The minimum atomic E-state index is -0.336. The van der Waals surface area contributed by atoms with Gasteiger partial charge in [-0.2, -0.15) is 0 Å². The van der Waals surface area contributed by atoms with Gasteiger partial charge in [0.05, 0.1) is 6.10 Å². The average molecular weight is 305 g/mol. The Labute approximate surface area is 132 Å². The van der Waals surface area contributed by atoms with Crippen molar-refractivity contribution in [3.8, 4) is 0 Å². The third-order valence-corrected chi connectivity index (χ3v) is 6.69. The molecule has 4 aliphatic rings. The molecule has 114 valence electrons. The van der Waals surface area contributed by atoms with E-state index in [4.69, 9.17) is 11.6 Å². The van der Waals surface area contributed by atoms with Crippen LogP contribution in [0.5, 0.6) is 0 Å². The van der Waals surface area contributed by atoms with Gasteiger partial charge in [0.1, 0.15) is 0 Å². The molecule has 0 radical (unpaired) electrons. The lowest BCUT2D eigenvalue weighted by atomic mass is 9.39. The monoisotopic (exact) mass is 304 g/mol. The summed E-state index contributed by atoms with van der Waals surface area (Å²) >= 11 is 6.00. The highest BCUT2D eigenvalue weighted by Crippen LogP contribution is 2.72. The van der Waals surface area contributed by atoms with Crippen molar-refractivity contribution in [2.24, 2.45) is 22.2 Å². The van der Waals surface area contributed by atoms with Gasteiger partial charge >= 0.3 is 0 Å². The molecule has 0 saturated heterocycles. The smallest absolute Gasteiger partial charge is 0.0846 e. The second kappa shape index (κ2) is 4.26. The lowest BCUT2D eigenvalue weighted by Gasteiger charge is -2.66. The maximum absolute atomic E-state index is 11.2. The molecule has 4 aliphatic carbocycles. The molecule has 3 atom stereocenters. The normalized spacial score (nSPS) is 45.8. The van der Waals surface area contributed by atoms with Crippen molar-refractivity contribution in [3.63, 3.8) is 0 Å². The summed E-state index contributed by atoms with van der Waals surface area (Å²) in [5.41, 5.74) is 2.04. The van der Waals surface area contributed by atoms with Crippen LogP contribution in [0.2, 0.25) is 5.02 Å². The van der Waals surface area contributed by atoms with E-state index in [0.717, 1.165) is 16.5 Å². The highest BCUT2D eigenvalue weighted by Gasteiger charge is 2.62. The highest BCUT2D eigenvalue weighted by molar-refractivity contribution is 6.30. The minimum absolute atomic E-state index is 0.0940. The summed E-state index contributed by atoms with van der Waals surface area (Å²) in [5.74, 6) is 0.818. The van der Waals surface area contributed by atoms with E-state index in [1.807, 2.05) is 24.3 Å². The van der Waals surface area contributed by atoms with Gasteiger partial charge in [0.15, 0.2) is 0 Å². The molecule has 2 heteroatoms. The van der Waals surface area contributed by atoms with Crippen LogP contribution in [0, 0.1) is 22.2 Å². The topological polar surface area (TPSA) is 20.2 Å². The number of hydrogen-bond acceptors (Lipinski definition) is 1. The number of hydrogen-bond donors (Lipinski definition) is 1. The lowest BCUT2D eigenvalue weighted by Crippen LogP contribution is -2.56. The predicted molar refractivity (Wildman–Crippen MR) is 86.3 cm³/mol. The zero-order valence-corrected chi connectivity index (χ0v) is 13.8. The molecular weight excluding hydrogens is 280 g/mol. The van der Waals surface area contributed by atoms with Crippen molar-refractivity contribution in [2.75, 3.05) is 0 Å². The van der Waals surface area contributed by atoms with Crippen LogP contribution in [-0.2, 0) is 0 Å². The summed E-state index contributed by atoms with van der Waals surface area (Å²) in [4.78, 5) is 0. The molecule has 4 saturated carbocycles. The van der Waals surface area contributed by atoms with E-state index in [9.17, 15) is 5.11 Å². The van der Waals surface area contributed by atoms with Gasteiger partial charge in [-0.15, -0.1) is 0 Å². The fraction of sp³-hybridized carbons (Fsp3) is 0.684. The Bertz CT molecular complexity index is 545. The van der Waals surface area contributed by atoms with Crippen LogP contribution in [-0.4, -0.2) is 5.11 Å². The molecule has 21 heavy (non-hydrogen) atoms. The number of halogens is 1. The van der Waals surface area contributed by atoms with Gasteiger partial charge in [-0.05, 0) is 73.0 Å². The second-order valence-corrected chi connectivity index (χ2v) is 9.38. The van der Waals surface area contributed by atoms with Gasteiger partial charge in [-0.25, -0.2) is 0 Å². The molecular formula is C19H25ClO. The third kappa shape index (κ3) is 2.16. The van der Waals surface area contributed by atoms with Crippen molar-refractivity contribution in [1.82, 2.24) is 0 Å². The van der Waals surface area contributed by atoms with Crippen molar-refractivity contribution >= 4 is 11.6 Å². The maximum atomic E-state index is 11.2. The van der Waals surface area contributed by atoms with Crippen LogP contribution < -0.4 is 0 Å². The summed E-state index contributed by atoms with van der Waals surface area (Å²) in [6, 6.07) is 7.83. The highest BCUT2D eigenvalue weighted by atomic mass is 35.5. The van der Waals surface area contributed by atoms with Crippen LogP contribution in [0.1, 0.15) is 64.0 Å². The van der Waals surface area contributed by atoms with Gasteiger partial charge < -0.3 is 5.11 Å². The minimum Gasteiger partial charge on any atom is -0.388 e. The number of aliphatic hydroxyl groups excluding tert-OH is 1. The third-order valence-electron chi connectivity index (χ3n) is 6.44. The second-order valence-electron chi connectivity index (χ2n) is 8.95. The van der Waals surface area contributed by atoms with E-state index in [1.54, 1.807) is 0 Å². The first-order chi connectivity index (χ1) is 9.82. The predicted octanol–water partition coefficient (Wildman–Crippen LogP) is 5.37. The van der Waals surface area contributed by atoms with Gasteiger partial charge in [0, 0.05) is 10.4 Å². The van der Waals surface area contributed by atoms with Gasteiger partial charge in [-0.3, -0.25) is 0 Å². The lowest BCUT2D eigenvalue weighted by molar-refractivity contribution is -0.187.